The molecule has 1 N–H and O–H groups in total. The molecule has 1 heterocycles. The van der Waals surface area contributed by atoms with E-state index >= 15 is 0 Å². The van der Waals surface area contributed by atoms with Gasteiger partial charge in [0.1, 0.15) is 4.88 Å². The van der Waals surface area contributed by atoms with E-state index in [1.165, 1.54) is 11.3 Å². The number of halogens is 2. The lowest BCUT2D eigenvalue weighted by Gasteiger charge is -2.03. The molecule has 0 saturated heterocycles. The van der Waals surface area contributed by atoms with Gasteiger partial charge >= 0.3 is 0 Å². The molecule has 2 nitrogen and oxygen atoms in total. The van der Waals surface area contributed by atoms with E-state index in [-0.39, 0.29) is 5.91 Å². The zero-order chi connectivity index (χ0) is 14.1. The summed E-state index contributed by atoms with van der Waals surface area (Å²) in [5.74, 6) is -0.210. The topological polar surface area (TPSA) is 29.1 Å². The Morgan fingerprint density at radius 3 is 2.40 bits per heavy atom. The highest BCUT2D eigenvalue weighted by Gasteiger charge is 2.16. The zero-order valence-corrected chi connectivity index (χ0v) is 12.5. The third kappa shape index (κ3) is 2.52. The third-order valence-electron chi connectivity index (χ3n) is 2.84. The predicted molar refractivity (Wildman–Crippen MR) is 86.2 cm³/mol. The van der Waals surface area contributed by atoms with Crippen molar-refractivity contribution in [2.75, 3.05) is 5.32 Å². The molecule has 5 heteroatoms. The number of benzene rings is 2. The minimum absolute atomic E-state index is 0.210. The maximum atomic E-state index is 12.3. The maximum absolute atomic E-state index is 12.3. The fourth-order valence-electron chi connectivity index (χ4n) is 1.88. The van der Waals surface area contributed by atoms with Crippen LogP contribution >= 0.6 is 34.5 Å². The molecule has 2 aromatic carbocycles. The number of hydrogen-bond donors (Lipinski definition) is 1. The van der Waals surface area contributed by atoms with Crippen molar-refractivity contribution in [2.45, 2.75) is 0 Å². The van der Waals surface area contributed by atoms with Crippen LogP contribution in [0.3, 0.4) is 0 Å². The average Bonchev–Trinajstić information content (AvgIpc) is 2.79. The molecule has 0 bridgehead atoms. The first-order valence-corrected chi connectivity index (χ1v) is 7.46. The van der Waals surface area contributed by atoms with Crippen LogP contribution in [0.5, 0.6) is 0 Å². The van der Waals surface area contributed by atoms with E-state index in [0.717, 1.165) is 10.1 Å². The Bertz CT molecular complexity index is 780. The largest absolute Gasteiger partial charge is 0.321 e. The first-order valence-electron chi connectivity index (χ1n) is 5.89. The second-order valence-corrected chi connectivity index (χ2v) is 6.07. The minimum Gasteiger partial charge on any atom is -0.321 e. The molecule has 20 heavy (non-hydrogen) atoms. The molecule has 0 spiro atoms. The number of rotatable bonds is 2. The molecule has 100 valence electrons. The average molecular weight is 322 g/mol. The molecule has 0 aliphatic heterocycles. The van der Waals surface area contributed by atoms with Crippen LogP contribution in [0.25, 0.3) is 10.1 Å². The monoisotopic (exact) mass is 321 g/mol. The number of carbonyl (C=O) groups is 1. The van der Waals surface area contributed by atoms with Crippen molar-refractivity contribution in [1.82, 2.24) is 0 Å². The first kappa shape index (κ1) is 13.4. The number of carbonyl (C=O) groups excluding carboxylic acids is 1. The molecule has 1 aromatic heterocycles. The van der Waals surface area contributed by atoms with Gasteiger partial charge < -0.3 is 5.32 Å². The van der Waals surface area contributed by atoms with E-state index < -0.39 is 0 Å². The summed E-state index contributed by atoms with van der Waals surface area (Å²) < 4.78 is 0.999. The Kier molecular flexibility index (Phi) is 3.66. The highest BCUT2D eigenvalue weighted by atomic mass is 35.5. The van der Waals surface area contributed by atoms with Crippen molar-refractivity contribution in [3.63, 3.8) is 0 Å². The summed E-state index contributed by atoms with van der Waals surface area (Å²) in [6.45, 7) is 0. The molecule has 0 saturated carbocycles. The van der Waals surface area contributed by atoms with Gasteiger partial charge in [0, 0.05) is 20.8 Å². The standard InChI is InChI=1S/C15H9Cl2NOS/c16-9-5-7-10(8-6-9)18-15(19)14-13(17)11-3-1-2-4-12(11)20-14/h1-8H,(H,18,19). The van der Waals surface area contributed by atoms with E-state index in [9.17, 15) is 4.79 Å². The summed E-state index contributed by atoms with van der Waals surface area (Å²) in [5.41, 5.74) is 0.688. The van der Waals surface area contributed by atoms with Gasteiger partial charge in [-0.3, -0.25) is 4.79 Å². The minimum atomic E-state index is -0.210. The number of anilines is 1. The van der Waals surface area contributed by atoms with Gasteiger partial charge in [0.05, 0.1) is 5.02 Å². The molecule has 0 aliphatic carbocycles. The molecule has 0 atom stereocenters. The summed E-state index contributed by atoms with van der Waals surface area (Å²) in [4.78, 5) is 12.8. The van der Waals surface area contributed by atoms with Gasteiger partial charge in [-0.15, -0.1) is 11.3 Å². The fraction of sp³-hybridized carbons (Fsp3) is 0. The summed E-state index contributed by atoms with van der Waals surface area (Å²) in [6, 6.07) is 14.6. The van der Waals surface area contributed by atoms with Gasteiger partial charge in [0.2, 0.25) is 0 Å². The Hall–Kier alpha value is -1.55. The number of fused-ring (bicyclic) bond motifs is 1. The van der Waals surface area contributed by atoms with Crippen molar-refractivity contribution >= 4 is 56.2 Å². The first-order chi connectivity index (χ1) is 9.65. The van der Waals surface area contributed by atoms with Gasteiger partial charge in [-0.05, 0) is 30.3 Å². The summed E-state index contributed by atoms with van der Waals surface area (Å²) >= 11 is 13.5. The van der Waals surface area contributed by atoms with Gasteiger partial charge in [-0.25, -0.2) is 0 Å². The molecular formula is C15H9Cl2NOS. The Morgan fingerprint density at radius 1 is 1.00 bits per heavy atom. The van der Waals surface area contributed by atoms with E-state index in [2.05, 4.69) is 5.32 Å². The molecular weight excluding hydrogens is 313 g/mol. The second kappa shape index (κ2) is 5.44. The maximum Gasteiger partial charge on any atom is 0.267 e. The quantitative estimate of drug-likeness (QED) is 0.667. The molecule has 0 aliphatic rings. The van der Waals surface area contributed by atoms with Crippen molar-refractivity contribution in [1.29, 1.82) is 0 Å². The third-order valence-corrected chi connectivity index (χ3v) is 4.77. The van der Waals surface area contributed by atoms with E-state index in [0.29, 0.717) is 20.6 Å². The number of thiophene rings is 1. The lowest BCUT2D eigenvalue weighted by atomic mass is 10.2. The highest BCUT2D eigenvalue weighted by molar-refractivity contribution is 7.21. The number of nitrogens with one attached hydrogen (secondary N) is 1. The van der Waals surface area contributed by atoms with Crippen LogP contribution in [-0.2, 0) is 0 Å². The van der Waals surface area contributed by atoms with Crippen molar-refractivity contribution in [2.24, 2.45) is 0 Å². The Balaban J connectivity index is 1.92. The highest BCUT2D eigenvalue weighted by Crippen LogP contribution is 2.35. The van der Waals surface area contributed by atoms with Gasteiger partial charge in [-0.1, -0.05) is 41.4 Å². The normalized spacial score (nSPS) is 10.7. The molecule has 1 amide bonds. The van der Waals surface area contributed by atoms with Gasteiger partial charge in [-0.2, -0.15) is 0 Å². The van der Waals surface area contributed by atoms with Crippen LogP contribution in [0, 0.1) is 0 Å². The molecule has 0 fully saturated rings. The van der Waals surface area contributed by atoms with Gasteiger partial charge in [0.25, 0.3) is 5.91 Å². The predicted octanol–water partition coefficient (Wildman–Crippen LogP) is 5.46. The van der Waals surface area contributed by atoms with Crippen LogP contribution < -0.4 is 5.32 Å². The van der Waals surface area contributed by atoms with Crippen LogP contribution in [0.15, 0.2) is 48.5 Å². The summed E-state index contributed by atoms with van der Waals surface area (Å²) in [7, 11) is 0. The number of amides is 1. The summed E-state index contributed by atoms with van der Waals surface area (Å²) in [6.07, 6.45) is 0. The van der Waals surface area contributed by atoms with Gasteiger partial charge in [0.15, 0.2) is 0 Å². The second-order valence-electron chi connectivity index (χ2n) is 4.20. The molecule has 0 radical (unpaired) electrons. The summed E-state index contributed by atoms with van der Waals surface area (Å²) in [5, 5.41) is 4.84. The smallest absolute Gasteiger partial charge is 0.267 e. The zero-order valence-electron chi connectivity index (χ0n) is 10.2. The fourth-order valence-corrected chi connectivity index (χ4v) is 3.42. The molecule has 3 rings (SSSR count). The van der Waals surface area contributed by atoms with Crippen molar-refractivity contribution in [3.8, 4) is 0 Å². The van der Waals surface area contributed by atoms with Crippen LogP contribution in [0.2, 0.25) is 10.0 Å². The number of hydrogen-bond acceptors (Lipinski definition) is 2. The van der Waals surface area contributed by atoms with Crippen molar-refractivity contribution in [3.05, 3.63) is 63.5 Å². The van der Waals surface area contributed by atoms with E-state index in [4.69, 9.17) is 23.2 Å². The Labute approximate surface area is 129 Å². The lowest BCUT2D eigenvalue weighted by Crippen LogP contribution is -2.10. The van der Waals surface area contributed by atoms with Crippen molar-refractivity contribution < 1.29 is 4.79 Å². The van der Waals surface area contributed by atoms with Crippen LogP contribution in [0.1, 0.15) is 9.67 Å². The lowest BCUT2D eigenvalue weighted by molar-refractivity contribution is 0.103. The SMILES string of the molecule is O=C(Nc1ccc(Cl)cc1)c1sc2ccccc2c1Cl. The molecule has 3 aromatic rings. The molecule has 0 unspecified atom stereocenters. The van der Waals surface area contributed by atoms with Crippen LogP contribution in [-0.4, -0.2) is 5.91 Å². The van der Waals surface area contributed by atoms with Crippen LogP contribution in [0.4, 0.5) is 5.69 Å². The Morgan fingerprint density at radius 2 is 1.70 bits per heavy atom. The van der Waals surface area contributed by atoms with E-state index in [1.807, 2.05) is 24.3 Å². The van der Waals surface area contributed by atoms with E-state index in [1.54, 1.807) is 24.3 Å².